The first-order valence-corrected chi connectivity index (χ1v) is 10.3. The van der Waals surface area contributed by atoms with Crippen LogP contribution in [-0.4, -0.2) is 83.8 Å². The van der Waals surface area contributed by atoms with Crippen molar-refractivity contribution in [1.82, 2.24) is 10.2 Å². The normalized spacial score (nSPS) is 16.3. The van der Waals surface area contributed by atoms with Crippen LogP contribution in [0.5, 0.6) is 0 Å². The van der Waals surface area contributed by atoms with E-state index in [0.717, 1.165) is 31.9 Å². The Bertz CT molecular complexity index is 519. The van der Waals surface area contributed by atoms with Crippen molar-refractivity contribution < 1.29 is 22.7 Å². The van der Waals surface area contributed by atoms with Crippen LogP contribution in [-0.2, 0) is 24.1 Å². The second kappa shape index (κ2) is 12.7. The Morgan fingerprint density at radius 2 is 1.92 bits per heavy atom. The number of sulfone groups is 1. The zero-order chi connectivity index (χ0) is 18.0. The SMILES string of the molecule is CCOC(=O)C1CCN(C(=NC)NCCOCCS(C)(=O)=O)CC1.I. The van der Waals surface area contributed by atoms with Gasteiger partial charge in [-0.2, -0.15) is 0 Å². The van der Waals surface area contributed by atoms with Crippen molar-refractivity contribution in [2.75, 3.05) is 58.5 Å². The highest BCUT2D eigenvalue weighted by Crippen LogP contribution is 2.18. The maximum atomic E-state index is 11.7. The van der Waals surface area contributed by atoms with Crippen LogP contribution in [0, 0.1) is 5.92 Å². The summed E-state index contributed by atoms with van der Waals surface area (Å²) in [5.41, 5.74) is 0. The van der Waals surface area contributed by atoms with Crippen LogP contribution in [0.3, 0.4) is 0 Å². The molecule has 0 amide bonds. The highest BCUT2D eigenvalue weighted by atomic mass is 127. The average Bonchev–Trinajstić information content (AvgIpc) is 2.54. The molecule has 0 aromatic rings. The van der Waals surface area contributed by atoms with E-state index in [-0.39, 0.29) is 48.2 Å². The molecule has 1 fully saturated rings. The number of carbonyl (C=O) groups excluding carboxylic acids is 1. The molecule has 0 bridgehead atoms. The van der Waals surface area contributed by atoms with E-state index in [1.807, 2.05) is 6.92 Å². The molecule has 1 saturated heterocycles. The van der Waals surface area contributed by atoms with E-state index < -0.39 is 9.84 Å². The second-order valence-corrected chi connectivity index (χ2v) is 7.99. The first-order chi connectivity index (χ1) is 11.4. The number of nitrogens with zero attached hydrogens (tertiary/aromatic N) is 2. The number of likely N-dealkylation sites (tertiary alicyclic amines) is 1. The van der Waals surface area contributed by atoms with Gasteiger partial charge in [0.15, 0.2) is 5.96 Å². The maximum absolute atomic E-state index is 11.7. The fourth-order valence-electron chi connectivity index (χ4n) is 2.47. The Kier molecular flexibility index (Phi) is 12.4. The molecule has 1 rings (SSSR count). The number of rotatable bonds is 8. The minimum atomic E-state index is -2.98. The number of guanidine groups is 1. The molecule has 0 atom stereocenters. The largest absolute Gasteiger partial charge is 0.466 e. The number of halogens is 1. The third-order valence-corrected chi connectivity index (χ3v) is 4.66. The highest BCUT2D eigenvalue weighted by Gasteiger charge is 2.27. The average molecular weight is 491 g/mol. The molecule has 8 nitrogen and oxygen atoms in total. The van der Waals surface area contributed by atoms with Gasteiger partial charge < -0.3 is 19.7 Å². The fraction of sp³-hybridized carbons (Fsp3) is 0.867. The van der Waals surface area contributed by atoms with Gasteiger partial charge in [-0.1, -0.05) is 0 Å². The van der Waals surface area contributed by atoms with E-state index in [4.69, 9.17) is 9.47 Å². The third kappa shape index (κ3) is 10.2. The van der Waals surface area contributed by atoms with Crippen LogP contribution in [0.1, 0.15) is 19.8 Å². The van der Waals surface area contributed by atoms with Crippen molar-refractivity contribution in [1.29, 1.82) is 0 Å². The Morgan fingerprint density at radius 1 is 1.28 bits per heavy atom. The predicted molar refractivity (Wildman–Crippen MR) is 108 cm³/mol. The van der Waals surface area contributed by atoms with Crippen LogP contribution in [0.4, 0.5) is 0 Å². The van der Waals surface area contributed by atoms with Crippen molar-refractivity contribution in [2.24, 2.45) is 10.9 Å². The Hall–Kier alpha value is -0.620. The van der Waals surface area contributed by atoms with Gasteiger partial charge in [0, 0.05) is 32.9 Å². The lowest BCUT2D eigenvalue weighted by Crippen LogP contribution is -2.47. The summed E-state index contributed by atoms with van der Waals surface area (Å²) in [6.45, 7) is 4.89. The summed E-state index contributed by atoms with van der Waals surface area (Å²) >= 11 is 0. The highest BCUT2D eigenvalue weighted by molar-refractivity contribution is 14.0. The number of aliphatic imine (C=N–C) groups is 1. The van der Waals surface area contributed by atoms with Crippen LogP contribution < -0.4 is 5.32 Å². The summed E-state index contributed by atoms with van der Waals surface area (Å²) in [4.78, 5) is 18.1. The Morgan fingerprint density at radius 3 is 2.44 bits per heavy atom. The zero-order valence-corrected chi connectivity index (χ0v) is 18.3. The van der Waals surface area contributed by atoms with Gasteiger partial charge in [0.2, 0.25) is 0 Å². The molecule has 0 aromatic heterocycles. The van der Waals surface area contributed by atoms with Gasteiger partial charge in [0.05, 0.1) is 31.5 Å². The topological polar surface area (TPSA) is 97.3 Å². The van der Waals surface area contributed by atoms with Gasteiger partial charge >= 0.3 is 5.97 Å². The molecule has 148 valence electrons. The molecule has 1 heterocycles. The van der Waals surface area contributed by atoms with Crippen LogP contribution in [0.15, 0.2) is 4.99 Å². The quantitative estimate of drug-likeness (QED) is 0.174. The number of hydrogen-bond donors (Lipinski definition) is 1. The van der Waals surface area contributed by atoms with Gasteiger partial charge in [-0.05, 0) is 19.8 Å². The number of nitrogens with one attached hydrogen (secondary N) is 1. The van der Waals surface area contributed by atoms with E-state index in [0.29, 0.717) is 19.8 Å². The molecule has 0 unspecified atom stereocenters. The van der Waals surface area contributed by atoms with Crippen LogP contribution in [0.2, 0.25) is 0 Å². The van der Waals surface area contributed by atoms with E-state index >= 15 is 0 Å². The molecule has 0 saturated carbocycles. The van der Waals surface area contributed by atoms with E-state index in [1.165, 1.54) is 6.26 Å². The zero-order valence-electron chi connectivity index (χ0n) is 15.2. The van der Waals surface area contributed by atoms with Crippen LogP contribution in [0.25, 0.3) is 0 Å². The summed E-state index contributed by atoms with van der Waals surface area (Å²) in [6.07, 6.45) is 2.70. The molecule has 1 N–H and O–H groups in total. The summed E-state index contributed by atoms with van der Waals surface area (Å²) in [5.74, 6) is 0.658. The first kappa shape index (κ1) is 24.4. The maximum Gasteiger partial charge on any atom is 0.309 e. The predicted octanol–water partition coefficient (Wildman–Crippen LogP) is 0.516. The molecular weight excluding hydrogens is 461 g/mol. The number of carbonyl (C=O) groups is 1. The number of hydrogen-bond acceptors (Lipinski definition) is 6. The Labute approximate surface area is 167 Å². The Balaban J connectivity index is 0.00000576. The van der Waals surface area contributed by atoms with Crippen molar-refractivity contribution >= 4 is 45.7 Å². The van der Waals surface area contributed by atoms with Crippen molar-refractivity contribution in [3.8, 4) is 0 Å². The third-order valence-electron chi connectivity index (χ3n) is 3.75. The van der Waals surface area contributed by atoms with Crippen molar-refractivity contribution in [3.05, 3.63) is 0 Å². The summed E-state index contributed by atoms with van der Waals surface area (Å²) in [7, 11) is -1.27. The van der Waals surface area contributed by atoms with Crippen LogP contribution >= 0.6 is 24.0 Å². The van der Waals surface area contributed by atoms with Gasteiger partial charge in [0.1, 0.15) is 9.84 Å². The number of ether oxygens (including phenoxy) is 2. The molecule has 0 spiro atoms. The lowest BCUT2D eigenvalue weighted by atomic mass is 9.97. The summed E-state index contributed by atoms with van der Waals surface area (Å²) in [5, 5.41) is 3.19. The minimum absolute atomic E-state index is 0. The second-order valence-electron chi connectivity index (χ2n) is 5.73. The van der Waals surface area contributed by atoms with Gasteiger partial charge in [-0.15, -0.1) is 24.0 Å². The molecule has 0 radical (unpaired) electrons. The number of esters is 1. The fourth-order valence-corrected chi connectivity index (χ4v) is 2.89. The lowest BCUT2D eigenvalue weighted by Gasteiger charge is -2.33. The summed E-state index contributed by atoms with van der Waals surface area (Å²) in [6, 6.07) is 0. The van der Waals surface area contributed by atoms with E-state index in [2.05, 4.69) is 15.2 Å². The first-order valence-electron chi connectivity index (χ1n) is 8.25. The molecule has 0 aromatic carbocycles. The lowest BCUT2D eigenvalue weighted by molar-refractivity contribution is -0.149. The molecule has 1 aliphatic heterocycles. The van der Waals surface area contributed by atoms with Crippen molar-refractivity contribution in [2.45, 2.75) is 19.8 Å². The standard InChI is InChI=1S/C15H29N3O5S.HI/c1-4-23-14(19)13-5-8-18(9-6-13)15(16-2)17-7-10-22-11-12-24(3,20)21;/h13H,4-12H2,1-3H3,(H,16,17);1H. The monoisotopic (exact) mass is 491 g/mol. The van der Waals surface area contributed by atoms with Gasteiger partial charge in [0.25, 0.3) is 0 Å². The van der Waals surface area contributed by atoms with E-state index in [9.17, 15) is 13.2 Å². The van der Waals surface area contributed by atoms with Gasteiger partial charge in [-0.3, -0.25) is 9.79 Å². The number of piperidine rings is 1. The smallest absolute Gasteiger partial charge is 0.309 e. The molecule has 0 aliphatic carbocycles. The molecular formula is C15H30IN3O5S. The molecule has 1 aliphatic rings. The van der Waals surface area contributed by atoms with Gasteiger partial charge in [-0.25, -0.2) is 8.42 Å². The summed E-state index contributed by atoms with van der Waals surface area (Å²) < 4.78 is 32.3. The molecule has 25 heavy (non-hydrogen) atoms. The van der Waals surface area contributed by atoms with Crippen molar-refractivity contribution in [3.63, 3.8) is 0 Å². The van der Waals surface area contributed by atoms with E-state index in [1.54, 1.807) is 7.05 Å². The minimum Gasteiger partial charge on any atom is -0.466 e. The molecule has 10 heteroatoms.